The molecule has 4 rings (SSSR count). The minimum atomic E-state index is -0.409. The van der Waals surface area contributed by atoms with Crippen LogP contribution in [0.4, 0.5) is 10.1 Å². The third-order valence-electron chi connectivity index (χ3n) is 4.93. The summed E-state index contributed by atoms with van der Waals surface area (Å²) >= 11 is 1.35. The van der Waals surface area contributed by atoms with E-state index in [9.17, 15) is 9.18 Å². The number of benzene rings is 2. The number of amides is 1. The molecule has 1 amide bonds. The molecule has 1 atom stereocenters. The zero-order chi connectivity index (χ0) is 22.5. The lowest BCUT2D eigenvalue weighted by molar-refractivity contribution is -0.115. The standard InChI is InChI=1S/C24H22FN5OS/c1-3-21(23(31)27-19-12-10-18(25)11-13-19)32-24-29-28-22(17-8-6-14-26-15-17)30(24)20-9-5-4-7-16(20)2/h4-15,21H,3H2,1-2H3,(H,27,31)/t21-/m0/s1. The van der Waals surface area contributed by atoms with E-state index in [1.165, 1.54) is 23.9 Å². The molecule has 2 heterocycles. The number of hydrogen-bond donors (Lipinski definition) is 1. The Kier molecular flexibility index (Phi) is 6.61. The summed E-state index contributed by atoms with van der Waals surface area (Å²) in [5.41, 5.74) is 3.38. The summed E-state index contributed by atoms with van der Waals surface area (Å²) in [7, 11) is 0. The Balaban J connectivity index is 1.68. The molecule has 0 spiro atoms. The van der Waals surface area contributed by atoms with E-state index in [-0.39, 0.29) is 11.7 Å². The van der Waals surface area contributed by atoms with Crippen LogP contribution >= 0.6 is 11.8 Å². The average Bonchev–Trinajstić information content (AvgIpc) is 3.23. The first-order chi connectivity index (χ1) is 15.6. The third-order valence-corrected chi connectivity index (χ3v) is 6.24. The van der Waals surface area contributed by atoms with Gasteiger partial charge in [-0.05, 0) is 61.4 Å². The van der Waals surface area contributed by atoms with E-state index < -0.39 is 5.25 Å². The fraction of sp³-hybridized carbons (Fsp3) is 0.167. The number of aromatic nitrogens is 4. The van der Waals surface area contributed by atoms with Crippen molar-refractivity contribution in [2.45, 2.75) is 30.7 Å². The van der Waals surface area contributed by atoms with Gasteiger partial charge in [-0.1, -0.05) is 36.9 Å². The van der Waals surface area contributed by atoms with Gasteiger partial charge in [0.2, 0.25) is 5.91 Å². The second-order valence-corrected chi connectivity index (χ2v) is 8.35. The van der Waals surface area contributed by atoms with Crippen molar-refractivity contribution in [3.8, 4) is 17.1 Å². The van der Waals surface area contributed by atoms with Crippen molar-refractivity contribution in [3.63, 3.8) is 0 Å². The summed E-state index contributed by atoms with van der Waals surface area (Å²) in [6.07, 6.45) is 4.03. The number of pyridine rings is 1. The monoisotopic (exact) mass is 447 g/mol. The number of anilines is 1. The second-order valence-electron chi connectivity index (χ2n) is 7.18. The summed E-state index contributed by atoms with van der Waals surface area (Å²) in [6.45, 7) is 3.97. The first-order valence-electron chi connectivity index (χ1n) is 10.2. The molecule has 0 aliphatic heterocycles. The molecule has 0 aliphatic rings. The van der Waals surface area contributed by atoms with Crippen LogP contribution in [0.2, 0.25) is 0 Å². The predicted octanol–water partition coefficient (Wildman–Crippen LogP) is 5.29. The van der Waals surface area contributed by atoms with Gasteiger partial charge in [-0.3, -0.25) is 14.3 Å². The van der Waals surface area contributed by atoms with Gasteiger partial charge in [-0.2, -0.15) is 0 Å². The van der Waals surface area contributed by atoms with Crippen LogP contribution in [-0.4, -0.2) is 30.9 Å². The molecule has 0 saturated heterocycles. The number of nitrogens with zero attached hydrogens (tertiary/aromatic N) is 4. The van der Waals surface area contributed by atoms with E-state index in [1.807, 2.05) is 54.8 Å². The lowest BCUT2D eigenvalue weighted by Crippen LogP contribution is -2.25. The quantitative estimate of drug-likeness (QED) is 0.390. The molecule has 0 bridgehead atoms. The predicted molar refractivity (Wildman–Crippen MR) is 124 cm³/mol. The summed E-state index contributed by atoms with van der Waals surface area (Å²) in [5.74, 6) is 0.133. The molecule has 0 saturated carbocycles. The SMILES string of the molecule is CC[C@H](Sc1nnc(-c2cccnc2)n1-c1ccccc1C)C(=O)Nc1ccc(F)cc1. The van der Waals surface area contributed by atoms with Crippen molar-refractivity contribution in [2.24, 2.45) is 0 Å². The highest BCUT2D eigenvalue weighted by atomic mass is 32.2. The van der Waals surface area contributed by atoms with Gasteiger partial charge in [0.1, 0.15) is 5.82 Å². The van der Waals surface area contributed by atoms with Crippen LogP contribution in [-0.2, 0) is 4.79 Å². The zero-order valence-corrected chi connectivity index (χ0v) is 18.5. The van der Waals surface area contributed by atoms with Crippen LogP contribution in [0.5, 0.6) is 0 Å². The molecule has 0 aliphatic carbocycles. The first kappa shape index (κ1) is 21.7. The second kappa shape index (κ2) is 9.74. The number of thioether (sulfide) groups is 1. The number of hydrogen-bond acceptors (Lipinski definition) is 5. The van der Waals surface area contributed by atoms with Gasteiger partial charge in [0.05, 0.1) is 10.9 Å². The van der Waals surface area contributed by atoms with Crippen molar-refractivity contribution in [2.75, 3.05) is 5.32 Å². The Morgan fingerprint density at radius 2 is 1.88 bits per heavy atom. The fourth-order valence-corrected chi connectivity index (χ4v) is 4.23. The van der Waals surface area contributed by atoms with E-state index in [1.54, 1.807) is 24.5 Å². The normalized spacial score (nSPS) is 11.8. The molecule has 1 N–H and O–H groups in total. The molecule has 32 heavy (non-hydrogen) atoms. The minimum absolute atomic E-state index is 0.175. The van der Waals surface area contributed by atoms with Crippen LogP contribution < -0.4 is 5.32 Å². The average molecular weight is 448 g/mol. The Bertz CT molecular complexity index is 1210. The Morgan fingerprint density at radius 1 is 1.09 bits per heavy atom. The smallest absolute Gasteiger partial charge is 0.237 e. The first-order valence-corrected chi connectivity index (χ1v) is 11.1. The van der Waals surface area contributed by atoms with Crippen molar-refractivity contribution in [1.82, 2.24) is 19.7 Å². The molecule has 2 aromatic carbocycles. The third kappa shape index (κ3) is 4.70. The number of carbonyl (C=O) groups excluding carboxylic acids is 1. The number of rotatable bonds is 7. The topological polar surface area (TPSA) is 72.7 Å². The molecule has 0 unspecified atom stereocenters. The maximum absolute atomic E-state index is 13.2. The largest absolute Gasteiger partial charge is 0.325 e. The highest BCUT2D eigenvalue weighted by molar-refractivity contribution is 8.00. The summed E-state index contributed by atoms with van der Waals surface area (Å²) in [4.78, 5) is 17.1. The highest BCUT2D eigenvalue weighted by Gasteiger charge is 2.24. The van der Waals surface area contributed by atoms with E-state index >= 15 is 0 Å². The fourth-order valence-electron chi connectivity index (χ4n) is 3.27. The Morgan fingerprint density at radius 3 is 2.56 bits per heavy atom. The maximum atomic E-state index is 13.2. The molecular formula is C24H22FN5OS. The van der Waals surface area contributed by atoms with E-state index in [0.717, 1.165) is 16.8 Å². The highest BCUT2D eigenvalue weighted by Crippen LogP contribution is 2.32. The minimum Gasteiger partial charge on any atom is -0.325 e. The van der Waals surface area contributed by atoms with Crippen molar-refractivity contribution in [1.29, 1.82) is 0 Å². The van der Waals surface area contributed by atoms with Gasteiger partial charge >= 0.3 is 0 Å². The molecule has 0 fully saturated rings. The van der Waals surface area contributed by atoms with Crippen molar-refractivity contribution in [3.05, 3.63) is 84.4 Å². The molecule has 162 valence electrons. The number of aryl methyl sites for hydroxylation is 1. The number of para-hydroxylation sites is 1. The van der Waals surface area contributed by atoms with Crippen LogP contribution in [0, 0.1) is 12.7 Å². The van der Waals surface area contributed by atoms with Crippen LogP contribution in [0.3, 0.4) is 0 Å². The van der Waals surface area contributed by atoms with E-state index in [0.29, 0.717) is 23.1 Å². The summed E-state index contributed by atoms with van der Waals surface area (Å²) < 4.78 is 15.1. The summed E-state index contributed by atoms with van der Waals surface area (Å²) in [5, 5.41) is 11.9. The van der Waals surface area contributed by atoms with Gasteiger partial charge < -0.3 is 5.32 Å². The maximum Gasteiger partial charge on any atom is 0.237 e. The number of nitrogens with one attached hydrogen (secondary N) is 1. The van der Waals surface area contributed by atoms with Crippen LogP contribution in [0.15, 0.2) is 78.2 Å². The van der Waals surface area contributed by atoms with Gasteiger partial charge in [-0.15, -0.1) is 10.2 Å². The Hall–Kier alpha value is -3.52. The molecule has 0 radical (unpaired) electrons. The number of carbonyl (C=O) groups is 1. The molecule has 8 heteroatoms. The Labute approximate surface area is 189 Å². The van der Waals surface area contributed by atoms with Gasteiger partial charge in [0.15, 0.2) is 11.0 Å². The molecule has 4 aromatic rings. The molecule has 6 nitrogen and oxygen atoms in total. The van der Waals surface area contributed by atoms with Gasteiger partial charge in [0, 0.05) is 23.6 Å². The van der Waals surface area contributed by atoms with E-state index in [4.69, 9.17) is 0 Å². The van der Waals surface area contributed by atoms with E-state index in [2.05, 4.69) is 20.5 Å². The van der Waals surface area contributed by atoms with Crippen molar-refractivity contribution < 1.29 is 9.18 Å². The molecule has 2 aromatic heterocycles. The summed E-state index contributed by atoms with van der Waals surface area (Å²) in [6, 6.07) is 17.5. The van der Waals surface area contributed by atoms with Crippen molar-refractivity contribution >= 4 is 23.4 Å². The lowest BCUT2D eigenvalue weighted by Gasteiger charge is -2.17. The number of halogens is 1. The lowest BCUT2D eigenvalue weighted by atomic mass is 10.2. The van der Waals surface area contributed by atoms with Gasteiger partial charge in [-0.25, -0.2) is 4.39 Å². The molecular weight excluding hydrogens is 425 g/mol. The van der Waals surface area contributed by atoms with Crippen LogP contribution in [0.25, 0.3) is 17.1 Å². The van der Waals surface area contributed by atoms with Gasteiger partial charge in [0.25, 0.3) is 0 Å². The zero-order valence-electron chi connectivity index (χ0n) is 17.7. The van der Waals surface area contributed by atoms with Crippen LogP contribution in [0.1, 0.15) is 18.9 Å².